The predicted molar refractivity (Wildman–Crippen MR) is 111 cm³/mol. The molecule has 1 atom stereocenters. The Hall–Kier alpha value is -3.09. The van der Waals surface area contributed by atoms with Crippen LogP contribution in [-0.4, -0.2) is 30.4 Å². The van der Waals surface area contributed by atoms with Gasteiger partial charge in [0.1, 0.15) is 24.2 Å². The Morgan fingerprint density at radius 2 is 2.07 bits per heavy atom. The fourth-order valence-corrected chi connectivity index (χ4v) is 4.09. The average molecular weight is 394 g/mol. The summed E-state index contributed by atoms with van der Waals surface area (Å²) in [4.78, 5) is 14.1. The molecule has 2 aliphatic heterocycles. The SMILES string of the molecule is Cc1cc(F)cc(-c2cc3c(cc2NC2CCC2)N2C(=NNC(=O)C2C)CO3)c1. The minimum Gasteiger partial charge on any atom is -0.483 e. The van der Waals surface area contributed by atoms with Crippen LogP contribution in [0, 0.1) is 12.7 Å². The van der Waals surface area contributed by atoms with Crippen molar-refractivity contribution >= 4 is 23.1 Å². The van der Waals surface area contributed by atoms with Crippen LogP contribution in [0.3, 0.4) is 0 Å². The molecular formula is C22H23FN4O2. The molecule has 0 saturated heterocycles. The van der Waals surface area contributed by atoms with Crippen molar-refractivity contribution in [1.29, 1.82) is 0 Å². The molecule has 2 N–H and O–H groups in total. The molecule has 7 heteroatoms. The fourth-order valence-electron chi connectivity index (χ4n) is 4.09. The van der Waals surface area contributed by atoms with Crippen molar-refractivity contribution in [1.82, 2.24) is 5.43 Å². The highest BCUT2D eigenvalue weighted by molar-refractivity contribution is 6.10. The molecule has 1 saturated carbocycles. The quantitative estimate of drug-likeness (QED) is 0.831. The van der Waals surface area contributed by atoms with E-state index in [-0.39, 0.29) is 24.4 Å². The van der Waals surface area contributed by atoms with Gasteiger partial charge < -0.3 is 15.0 Å². The van der Waals surface area contributed by atoms with E-state index in [0.29, 0.717) is 17.6 Å². The van der Waals surface area contributed by atoms with Crippen LogP contribution in [0.15, 0.2) is 35.4 Å². The first kappa shape index (κ1) is 18.0. The van der Waals surface area contributed by atoms with Gasteiger partial charge in [-0.25, -0.2) is 9.82 Å². The Balaban J connectivity index is 1.65. The van der Waals surface area contributed by atoms with E-state index in [4.69, 9.17) is 4.74 Å². The first-order valence-electron chi connectivity index (χ1n) is 10.0. The third-order valence-corrected chi connectivity index (χ3v) is 5.87. The first-order chi connectivity index (χ1) is 14.0. The number of hydrogen-bond donors (Lipinski definition) is 2. The number of halogens is 1. The number of fused-ring (bicyclic) bond motifs is 3. The van der Waals surface area contributed by atoms with Crippen LogP contribution in [0.5, 0.6) is 5.75 Å². The molecule has 150 valence electrons. The second-order valence-electron chi connectivity index (χ2n) is 7.99. The third-order valence-electron chi connectivity index (χ3n) is 5.87. The minimum atomic E-state index is -0.385. The van der Waals surface area contributed by atoms with Crippen LogP contribution in [0.4, 0.5) is 15.8 Å². The maximum atomic E-state index is 14.1. The van der Waals surface area contributed by atoms with Gasteiger partial charge in [-0.15, -0.1) is 0 Å². The average Bonchev–Trinajstić information content (AvgIpc) is 2.65. The molecule has 29 heavy (non-hydrogen) atoms. The van der Waals surface area contributed by atoms with E-state index in [1.165, 1.54) is 12.5 Å². The zero-order chi connectivity index (χ0) is 20.1. The van der Waals surface area contributed by atoms with Crippen LogP contribution >= 0.6 is 0 Å². The summed E-state index contributed by atoms with van der Waals surface area (Å²) in [5.41, 5.74) is 6.83. The maximum Gasteiger partial charge on any atom is 0.262 e. The zero-order valence-electron chi connectivity index (χ0n) is 16.5. The Bertz CT molecular complexity index is 1010. The summed E-state index contributed by atoms with van der Waals surface area (Å²) >= 11 is 0. The van der Waals surface area contributed by atoms with Crippen molar-refractivity contribution in [2.45, 2.75) is 45.2 Å². The summed E-state index contributed by atoms with van der Waals surface area (Å²) in [6, 6.07) is 9.02. The number of amides is 1. The number of anilines is 2. The number of ether oxygens (including phenoxy) is 1. The summed E-state index contributed by atoms with van der Waals surface area (Å²) in [6.07, 6.45) is 3.44. The van der Waals surface area contributed by atoms with Crippen molar-refractivity contribution in [3.63, 3.8) is 0 Å². The lowest BCUT2D eigenvalue weighted by atomic mass is 9.91. The minimum absolute atomic E-state index is 0.153. The number of carbonyl (C=O) groups is 1. The van der Waals surface area contributed by atoms with Gasteiger partial charge in [0.05, 0.1) is 5.69 Å². The van der Waals surface area contributed by atoms with Crippen molar-refractivity contribution < 1.29 is 13.9 Å². The lowest BCUT2D eigenvalue weighted by Crippen LogP contribution is -2.55. The number of aryl methyl sites for hydroxylation is 1. The smallest absolute Gasteiger partial charge is 0.262 e. The molecule has 2 aromatic rings. The van der Waals surface area contributed by atoms with Crippen molar-refractivity contribution in [2.75, 3.05) is 16.8 Å². The van der Waals surface area contributed by atoms with Gasteiger partial charge in [-0.3, -0.25) is 4.79 Å². The Morgan fingerprint density at radius 1 is 1.24 bits per heavy atom. The van der Waals surface area contributed by atoms with Crippen LogP contribution in [-0.2, 0) is 4.79 Å². The molecule has 1 fully saturated rings. The molecule has 2 aromatic carbocycles. The van der Waals surface area contributed by atoms with Crippen LogP contribution in [0.1, 0.15) is 31.7 Å². The van der Waals surface area contributed by atoms with E-state index in [1.54, 1.807) is 6.07 Å². The molecular weight excluding hydrogens is 371 g/mol. The van der Waals surface area contributed by atoms with E-state index in [9.17, 15) is 9.18 Å². The van der Waals surface area contributed by atoms with E-state index in [0.717, 1.165) is 40.9 Å². The monoisotopic (exact) mass is 394 g/mol. The number of hydrogen-bond acceptors (Lipinski definition) is 5. The molecule has 0 spiro atoms. The van der Waals surface area contributed by atoms with Gasteiger partial charge in [0, 0.05) is 17.3 Å². The summed E-state index contributed by atoms with van der Waals surface area (Å²) in [5, 5.41) is 7.76. The van der Waals surface area contributed by atoms with Crippen molar-refractivity contribution in [3.05, 3.63) is 41.7 Å². The van der Waals surface area contributed by atoms with Gasteiger partial charge in [-0.1, -0.05) is 6.07 Å². The topological polar surface area (TPSA) is 66.0 Å². The van der Waals surface area contributed by atoms with E-state index >= 15 is 0 Å². The molecule has 0 bridgehead atoms. The molecule has 0 radical (unpaired) electrons. The van der Waals surface area contributed by atoms with E-state index < -0.39 is 0 Å². The summed E-state index contributed by atoms with van der Waals surface area (Å²) in [5.74, 6) is 0.930. The molecule has 2 heterocycles. The fraction of sp³-hybridized carbons (Fsp3) is 0.364. The highest BCUT2D eigenvalue weighted by Crippen LogP contribution is 2.43. The van der Waals surface area contributed by atoms with Gasteiger partial charge in [0.25, 0.3) is 5.91 Å². The second kappa shape index (κ2) is 6.76. The number of carbonyl (C=O) groups excluding carboxylic acids is 1. The number of nitrogens with zero attached hydrogens (tertiary/aromatic N) is 2. The van der Waals surface area contributed by atoms with Gasteiger partial charge >= 0.3 is 0 Å². The van der Waals surface area contributed by atoms with E-state index in [1.807, 2.05) is 36.9 Å². The summed E-state index contributed by atoms with van der Waals surface area (Å²) in [6.45, 7) is 4.01. The number of nitrogens with one attached hydrogen (secondary N) is 2. The number of benzene rings is 2. The number of amidine groups is 1. The molecule has 1 unspecified atom stereocenters. The number of rotatable bonds is 3. The second-order valence-corrected chi connectivity index (χ2v) is 7.99. The predicted octanol–water partition coefficient (Wildman–Crippen LogP) is 3.80. The summed E-state index contributed by atoms with van der Waals surface area (Å²) in [7, 11) is 0. The van der Waals surface area contributed by atoms with E-state index in [2.05, 4.69) is 15.8 Å². The number of hydrazone groups is 1. The van der Waals surface area contributed by atoms with Gasteiger partial charge in [-0.05, 0) is 68.5 Å². The Labute approximate surface area is 168 Å². The molecule has 5 rings (SSSR count). The van der Waals surface area contributed by atoms with Crippen molar-refractivity contribution in [2.24, 2.45) is 5.10 Å². The Kier molecular flexibility index (Phi) is 4.19. The van der Waals surface area contributed by atoms with Crippen LogP contribution in [0.25, 0.3) is 11.1 Å². The first-order valence-corrected chi connectivity index (χ1v) is 10.0. The largest absolute Gasteiger partial charge is 0.483 e. The highest BCUT2D eigenvalue weighted by Gasteiger charge is 2.36. The molecule has 1 amide bonds. The third kappa shape index (κ3) is 3.10. The lowest BCUT2D eigenvalue weighted by molar-refractivity contribution is -0.122. The van der Waals surface area contributed by atoms with Gasteiger partial charge in [0.2, 0.25) is 0 Å². The van der Waals surface area contributed by atoms with Crippen LogP contribution in [0.2, 0.25) is 0 Å². The van der Waals surface area contributed by atoms with Gasteiger partial charge in [0.15, 0.2) is 5.84 Å². The Morgan fingerprint density at radius 3 is 2.79 bits per heavy atom. The maximum absolute atomic E-state index is 14.1. The highest BCUT2D eigenvalue weighted by atomic mass is 19.1. The molecule has 0 aromatic heterocycles. The van der Waals surface area contributed by atoms with Crippen molar-refractivity contribution in [3.8, 4) is 16.9 Å². The standard InChI is InChI=1S/C22H23FN4O2/c1-12-6-14(8-15(23)7-12)17-9-20-19(10-18(17)24-16-4-3-5-16)27-13(2)22(28)26-25-21(27)11-29-20/h6-10,13,16,24H,3-5,11H2,1-2H3,(H,26,28). The normalized spacial score (nSPS) is 20.7. The van der Waals surface area contributed by atoms with Gasteiger partial charge in [-0.2, -0.15) is 5.10 Å². The molecule has 1 aliphatic carbocycles. The zero-order valence-corrected chi connectivity index (χ0v) is 16.5. The lowest BCUT2D eigenvalue weighted by Gasteiger charge is -2.39. The van der Waals surface area contributed by atoms with Crippen LogP contribution < -0.4 is 20.4 Å². The molecule has 6 nitrogen and oxygen atoms in total. The molecule has 3 aliphatic rings. The summed E-state index contributed by atoms with van der Waals surface area (Å²) < 4.78 is 20.1.